The fraction of sp³-hybridized carbons (Fsp3) is 0.800. The number of hydrogen-bond donors (Lipinski definition) is 1. The summed E-state index contributed by atoms with van der Waals surface area (Å²) in [5, 5.41) is 9.09. The smallest absolute Gasteiger partial charge is 0.155 e. The summed E-state index contributed by atoms with van der Waals surface area (Å²) >= 11 is 0. The summed E-state index contributed by atoms with van der Waals surface area (Å²) in [5.74, 6) is 2.62. The molecule has 0 aliphatic carbocycles. The van der Waals surface area contributed by atoms with Crippen molar-refractivity contribution in [3.05, 3.63) is 0 Å². The second-order valence-corrected chi connectivity index (χ2v) is 6.05. The molecule has 1 N–H and O–H groups in total. The SMILES string of the molecule is C#CCCC(O)C1CCCCS1(=O)=O. The number of rotatable bonds is 3. The molecule has 1 aliphatic rings. The van der Waals surface area contributed by atoms with Crippen molar-refractivity contribution in [2.24, 2.45) is 0 Å². The van der Waals surface area contributed by atoms with Gasteiger partial charge in [0.15, 0.2) is 9.84 Å². The van der Waals surface area contributed by atoms with Gasteiger partial charge < -0.3 is 5.11 Å². The molecule has 0 bridgehead atoms. The highest BCUT2D eigenvalue weighted by Crippen LogP contribution is 2.24. The van der Waals surface area contributed by atoms with E-state index >= 15 is 0 Å². The minimum absolute atomic E-state index is 0.213. The Bertz CT molecular complexity index is 313. The zero-order valence-corrected chi connectivity index (χ0v) is 8.96. The molecule has 14 heavy (non-hydrogen) atoms. The number of aliphatic hydroxyl groups excluding tert-OH is 1. The Hall–Kier alpha value is -0.530. The van der Waals surface area contributed by atoms with Gasteiger partial charge in [-0.1, -0.05) is 6.42 Å². The van der Waals surface area contributed by atoms with Crippen molar-refractivity contribution < 1.29 is 13.5 Å². The molecule has 0 amide bonds. The maximum Gasteiger partial charge on any atom is 0.155 e. The van der Waals surface area contributed by atoms with E-state index in [1.807, 2.05) is 0 Å². The van der Waals surface area contributed by atoms with Crippen LogP contribution in [0.2, 0.25) is 0 Å². The Morgan fingerprint density at radius 1 is 1.50 bits per heavy atom. The first-order valence-electron chi connectivity index (χ1n) is 4.91. The van der Waals surface area contributed by atoms with Gasteiger partial charge in [-0.2, -0.15) is 0 Å². The van der Waals surface area contributed by atoms with Gasteiger partial charge >= 0.3 is 0 Å². The van der Waals surface area contributed by atoms with E-state index in [-0.39, 0.29) is 5.75 Å². The average molecular weight is 216 g/mol. The second-order valence-electron chi connectivity index (χ2n) is 3.71. The predicted molar refractivity (Wildman–Crippen MR) is 55.5 cm³/mol. The van der Waals surface area contributed by atoms with E-state index < -0.39 is 21.2 Å². The molecular formula is C10H16O3S. The van der Waals surface area contributed by atoms with E-state index in [0.29, 0.717) is 19.3 Å². The Morgan fingerprint density at radius 2 is 2.21 bits per heavy atom. The lowest BCUT2D eigenvalue weighted by Gasteiger charge is -2.26. The van der Waals surface area contributed by atoms with Crippen LogP contribution in [0.5, 0.6) is 0 Å². The first kappa shape index (κ1) is 11.5. The van der Waals surface area contributed by atoms with Crippen LogP contribution in [0.1, 0.15) is 32.1 Å². The molecule has 4 heteroatoms. The Morgan fingerprint density at radius 3 is 2.79 bits per heavy atom. The van der Waals surface area contributed by atoms with Crippen LogP contribution in [0, 0.1) is 12.3 Å². The van der Waals surface area contributed by atoms with Crippen molar-refractivity contribution in [3.63, 3.8) is 0 Å². The quantitative estimate of drug-likeness (QED) is 0.707. The molecule has 3 nitrogen and oxygen atoms in total. The first-order valence-corrected chi connectivity index (χ1v) is 6.62. The molecule has 0 aromatic carbocycles. The summed E-state index contributed by atoms with van der Waals surface area (Å²) in [6.07, 6.45) is 7.30. The van der Waals surface area contributed by atoms with Crippen molar-refractivity contribution in [3.8, 4) is 12.3 Å². The monoisotopic (exact) mass is 216 g/mol. The maximum atomic E-state index is 11.6. The Kier molecular flexibility index (Phi) is 3.97. The highest BCUT2D eigenvalue weighted by Gasteiger charge is 2.33. The van der Waals surface area contributed by atoms with Crippen LogP contribution in [-0.4, -0.2) is 30.6 Å². The van der Waals surface area contributed by atoms with Crippen LogP contribution in [0.25, 0.3) is 0 Å². The summed E-state index contributed by atoms with van der Waals surface area (Å²) in [7, 11) is -3.07. The van der Waals surface area contributed by atoms with Gasteiger partial charge in [-0.3, -0.25) is 0 Å². The molecule has 80 valence electrons. The highest BCUT2D eigenvalue weighted by atomic mass is 32.2. The molecular weight excluding hydrogens is 200 g/mol. The largest absolute Gasteiger partial charge is 0.392 e. The summed E-state index contributed by atoms with van der Waals surface area (Å²) in [5.41, 5.74) is 0. The van der Waals surface area contributed by atoms with E-state index in [1.165, 1.54) is 0 Å². The first-order chi connectivity index (χ1) is 6.58. The van der Waals surface area contributed by atoms with Crippen LogP contribution >= 0.6 is 0 Å². The normalized spacial score (nSPS) is 27.9. The van der Waals surface area contributed by atoms with Crippen LogP contribution in [-0.2, 0) is 9.84 Å². The molecule has 2 unspecified atom stereocenters. The zero-order valence-electron chi connectivity index (χ0n) is 8.15. The van der Waals surface area contributed by atoms with Crippen LogP contribution < -0.4 is 0 Å². The summed E-state index contributed by atoms with van der Waals surface area (Å²) in [6, 6.07) is 0. The van der Waals surface area contributed by atoms with Crippen LogP contribution in [0.15, 0.2) is 0 Å². The van der Waals surface area contributed by atoms with Gasteiger partial charge in [-0.25, -0.2) is 8.42 Å². The molecule has 2 atom stereocenters. The highest BCUT2D eigenvalue weighted by molar-refractivity contribution is 7.92. The van der Waals surface area contributed by atoms with E-state index in [0.717, 1.165) is 12.8 Å². The molecule has 1 aliphatic heterocycles. The third-order valence-electron chi connectivity index (χ3n) is 2.64. The Balaban J connectivity index is 2.61. The number of terminal acetylenes is 1. The van der Waals surface area contributed by atoms with E-state index in [9.17, 15) is 13.5 Å². The molecule has 0 spiro atoms. The van der Waals surface area contributed by atoms with Gasteiger partial charge in [-0.05, 0) is 19.3 Å². The van der Waals surface area contributed by atoms with Crippen LogP contribution in [0.4, 0.5) is 0 Å². The second kappa shape index (κ2) is 4.81. The lowest BCUT2D eigenvalue weighted by atomic mass is 10.1. The molecule has 1 rings (SSSR count). The summed E-state index contributed by atoms with van der Waals surface area (Å²) in [4.78, 5) is 0. The fourth-order valence-electron chi connectivity index (χ4n) is 1.83. The minimum Gasteiger partial charge on any atom is -0.392 e. The maximum absolute atomic E-state index is 11.6. The number of sulfone groups is 1. The molecule has 0 radical (unpaired) electrons. The lowest BCUT2D eigenvalue weighted by Crippen LogP contribution is -2.38. The fourth-order valence-corrected chi connectivity index (χ4v) is 3.88. The Labute approximate surface area is 85.4 Å². The number of hydrogen-bond acceptors (Lipinski definition) is 3. The third kappa shape index (κ3) is 2.73. The van der Waals surface area contributed by atoms with Crippen molar-refractivity contribution in [2.75, 3.05) is 5.75 Å². The van der Waals surface area contributed by atoms with Gasteiger partial charge in [0.2, 0.25) is 0 Å². The van der Waals surface area contributed by atoms with Crippen molar-refractivity contribution >= 4 is 9.84 Å². The standard InChI is InChI=1S/C10H16O3S/c1-2-3-6-9(11)10-7-4-5-8-14(10,12)13/h1,9-11H,3-8H2. The van der Waals surface area contributed by atoms with Crippen molar-refractivity contribution in [2.45, 2.75) is 43.5 Å². The predicted octanol–water partition coefficient (Wildman–Crippen LogP) is 0.728. The minimum atomic E-state index is -3.07. The average Bonchev–Trinajstić information content (AvgIpc) is 2.13. The summed E-state index contributed by atoms with van der Waals surface area (Å²) in [6.45, 7) is 0. The van der Waals surface area contributed by atoms with Gasteiger partial charge in [0.1, 0.15) is 0 Å². The third-order valence-corrected chi connectivity index (χ3v) is 4.97. The zero-order chi connectivity index (χ0) is 10.6. The molecule has 1 fully saturated rings. The van der Waals surface area contributed by atoms with Gasteiger partial charge in [0, 0.05) is 6.42 Å². The van der Waals surface area contributed by atoms with Crippen molar-refractivity contribution in [1.29, 1.82) is 0 Å². The van der Waals surface area contributed by atoms with Gasteiger partial charge in [-0.15, -0.1) is 12.3 Å². The van der Waals surface area contributed by atoms with Gasteiger partial charge in [0.25, 0.3) is 0 Å². The van der Waals surface area contributed by atoms with Gasteiger partial charge in [0.05, 0.1) is 17.1 Å². The van der Waals surface area contributed by atoms with Crippen LogP contribution in [0.3, 0.4) is 0 Å². The topological polar surface area (TPSA) is 54.4 Å². The molecule has 1 saturated heterocycles. The summed E-state index contributed by atoms with van der Waals surface area (Å²) < 4.78 is 23.1. The van der Waals surface area contributed by atoms with E-state index in [4.69, 9.17) is 6.42 Å². The molecule has 0 aromatic rings. The lowest BCUT2D eigenvalue weighted by molar-refractivity contribution is 0.154. The van der Waals surface area contributed by atoms with Crippen molar-refractivity contribution in [1.82, 2.24) is 0 Å². The van der Waals surface area contributed by atoms with E-state index in [2.05, 4.69) is 5.92 Å². The number of aliphatic hydroxyl groups is 1. The molecule has 0 saturated carbocycles. The van der Waals surface area contributed by atoms with E-state index in [1.54, 1.807) is 0 Å². The molecule has 0 aromatic heterocycles. The molecule has 1 heterocycles.